The minimum absolute atomic E-state index is 0.0245. The maximum atomic E-state index is 13.6. The molecule has 2 rings (SSSR count). The summed E-state index contributed by atoms with van der Waals surface area (Å²) in [5.41, 5.74) is 0.0245. The molecule has 0 atom stereocenters. The molecule has 10 heteroatoms. The van der Waals surface area contributed by atoms with Crippen molar-refractivity contribution in [2.45, 2.75) is 30.7 Å². The third-order valence-corrected chi connectivity index (χ3v) is 4.57. The summed E-state index contributed by atoms with van der Waals surface area (Å²) in [7, 11) is -3.95. The fourth-order valence-corrected chi connectivity index (χ4v) is 3.09. The van der Waals surface area contributed by atoms with Gasteiger partial charge in [0.25, 0.3) is 0 Å². The van der Waals surface area contributed by atoms with Crippen LogP contribution in [0.2, 0.25) is 0 Å². The topological polar surface area (TPSA) is 114 Å². The third kappa shape index (κ3) is 5.52. The van der Waals surface area contributed by atoms with Crippen molar-refractivity contribution in [3.8, 4) is 0 Å². The van der Waals surface area contributed by atoms with Crippen molar-refractivity contribution >= 4 is 15.9 Å². The van der Waals surface area contributed by atoms with Crippen LogP contribution in [0, 0.1) is 5.82 Å². The third-order valence-electron chi connectivity index (χ3n) is 3.18. The first-order valence-electron chi connectivity index (χ1n) is 7.72. The highest BCUT2D eigenvalue weighted by Gasteiger charge is 2.24. The number of aromatic nitrogens is 2. The van der Waals surface area contributed by atoms with Crippen LogP contribution < -0.4 is 10.6 Å². The van der Waals surface area contributed by atoms with Crippen LogP contribution in [0.25, 0.3) is 0 Å². The van der Waals surface area contributed by atoms with Gasteiger partial charge < -0.3 is 15.1 Å². The molecule has 0 aliphatic rings. The Morgan fingerprint density at radius 1 is 1.20 bits per heavy atom. The van der Waals surface area contributed by atoms with Crippen LogP contribution in [0.15, 0.2) is 33.9 Å². The molecule has 0 unspecified atom stereocenters. The summed E-state index contributed by atoms with van der Waals surface area (Å²) in [5, 5.41) is 11.8. The predicted octanol–water partition coefficient (Wildman–Crippen LogP) is 1.43. The molecule has 0 saturated carbocycles. The standard InChI is InChI=1S/C15H19FN4O4S/c1-2-8-17-14(21)18-9-7-13-19-20-15(24-13)25(22,23)10-11-5-3-4-6-12(11)16/h3-6H,2,7-10H2,1H3,(H2,17,18,21). The van der Waals surface area contributed by atoms with E-state index >= 15 is 0 Å². The van der Waals surface area contributed by atoms with Crippen LogP contribution >= 0.6 is 0 Å². The second kappa shape index (κ2) is 8.56. The summed E-state index contributed by atoms with van der Waals surface area (Å²) in [4.78, 5) is 11.4. The molecule has 1 heterocycles. The van der Waals surface area contributed by atoms with Crippen LogP contribution in [0.5, 0.6) is 0 Å². The van der Waals surface area contributed by atoms with E-state index in [0.29, 0.717) is 6.54 Å². The molecule has 2 amide bonds. The molecule has 0 aliphatic heterocycles. The molecule has 0 radical (unpaired) electrons. The highest BCUT2D eigenvalue weighted by molar-refractivity contribution is 7.90. The lowest BCUT2D eigenvalue weighted by molar-refractivity contribution is 0.240. The van der Waals surface area contributed by atoms with E-state index in [1.165, 1.54) is 18.2 Å². The highest BCUT2D eigenvalue weighted by atomic mass is 32.2. The van der Waals surface area contributed by atoms with Crippen LogP contribution in [0.3, 0.4) is 0 Å². The van der Waals surface area contributed by atoms with Gasteiger partial charge in [-0.25, -0.2) is 17.6 Å². The van der Waals surface area contributed by atoms with Gasteiger partial charge in [-0.3, -0.25) is 0 Å². The van der Waals surface area contributed by atoms with Crippen LogP contribution in [0.4, 0.5) is 9.18 Å². The number of carbonyl (C=O) groups excluding carboxylic acids is 1. The molecule has 2 N–H and O–H groups in total. The zero-order valence-electron chi connectivity index (χ0n) is 13.7. The van der Waals surface area contributed by atoms with Gasteiger partial charge in [0.1, 0.15) is 5.82 Å². The molecule has 0 spiro atoms. The zero-order chi connectivity index (χ0) is 18.3. The second-order valence-electron chi connectivity index (χ2n) is 5.24. The second-order valence-corrected chi connectivity index (χ2v) is 7.11. The maximum absolute atomic E-state index is 13.6. The fourth-order valence-electron chi connectivity index (χ4n) is 1.93. The van der Waals surface area contributed by atoms with Gasteiger partial charge in [0.2, 0.25) is 15.7 Å². The molecule has 0 aliphatic carbocycles. The number of hydrogen-bond donors (Lipinski definition) is 2. The first kappa shape index (κ1) is 18.8. The summed E-state index contributed by atoms with van der Waals surface area (Å²) in [6.07, 6.45) is 1.00. The molecule has 1 aromatic heterocycles. The molecule has 8 nitrogen and oxygen atoms in total. The van der Waals surface area contributed by atoms with Gasteiger partial charge in [-0.05, 0) is 12.5 Å². The number of benzene rings is 1. The van der Waals surface area contributed by atoms with Gasteiger partial charge in [0.15, 0.2) is 0 Å². The Morgan fingerprint density at radius 2 is 1.92 bits per heavy atom. The lowest BCUT2D eigenvalue weighted by Crippen LogP contribution is -2.36. The normalized spacial score (nSPS) is 11.3. The monoisotopic (exact) mass is 370 g/mol. The number of hydrogen-bond acceptors (Lipinski definition) is 6. The van der Waals surface area contributed by atoms with Crippen molar-refractivity contribution < 1.29 is 22.0 Å². The van der Waals surface area contributed by atoms with E-state index in [4.69, 9.17) is 4.42 Å². The molecule has 136 valence electrons. The minimum Gasteiger partial charge on any atom is -0.412 e. The number of rotatable bonds is 8. The SMILES string of the molecule is CCCNC(=O)NCCc1nnc(S(=O)(=O)Cc2ccccc2F)o1. The quantitative estimate of drug-likeness (QED) is 0.727. The van der Waals surface area contributed by atoms with Gasteiger partial charge in [-0.1, -0.05) is 30.2 Å². The van der Waals surface area contributed by atoms with Gasteiger partial charge >= 0.3 is 11.3 Å². The van der Waals surface area contributed by atoms with E-state index in [2.05, 4.69) is 20.8 Å². The first-order valence-corrected chi connectivity index (χ1v) is 9.38. The summed E-state index contributed by atoms with van der Waals surface area (Å²) in [6, 6.07) is 5.25. The minimum atomic E-state index is -3.95. The average molecular weight is 370 g/mol. The van der Waals surface area contributed by atoms with E-state index in [9.17, 15) is 17.6 Å². The smallest absolute Gasteiger partial charge is 0.335 e. The summed E-state index contributed by atoms with van der Waals surface area (Å²) in [6.45, 7) is 2.71. The zero-order valence-corrected chi connectivity index (χ0v) is 14.5. The highest BCUT2D eigenvalue weighted by Crippen LogP contribution is 2.17. The average Bonchev–Trinajstić information content (AvgIpc) is 3.05. The predicted molar refractivity (Wildman–Crippen MR) is 87.0 cm³/mol. The molecular weight excluding hydrogens is 351 g/mol. The Morgan fingerprint density at radius 3 is 2.64 bits per heavy atom. The van der Waals surface area contributed by atoms with Crippen molar-refractivity contribution in [1.82, 2.24) is 20.8 Å². The summed E-state index contributed by atoms with van der Waals surface area (Å²) in [5.74, 6) is -1.12. The molecule has 0 saturated heterocycles. The molecule has 0 bridgehead atoms. The van der Waals surface area contributed by atoms with Crippen LogP contribution in [-0.2, 0) is 22.0 Å². The fraction of sp³-hybridized carbons (Fsp3) is 0.400. The Bertz CT molecular complexity index is 822. The van der Waals surface area contributed by atoms with E-state index in [-0.39, 0.29) is 30.5 Å². The number of amides is 2. The van der Waals surface area contributed by atoms with Crippen LogP contribution in [0.1, 0.15) is 24.8 Å². The van der Waals surface area contributed by atoms with Gasteiger partial charge in [-0.15, -0.1) is 5.10 Å². The van der Waals surface area contributed by atoms with Crippen molar-refractivity contribution in [3.05, 3.63) is 41.5 Å². The van der Waals surface area contributed by atoms with E-state index in [0.717, 1.165) is 6.42 Å². The number of sulfone groups is 1. The van der Waals surface area contributed by atoms with Gasteiger partial charge in [0.05, 0.1) is 5.75 Å². The van der Waals surface area contributed by atoms with Crippen LogP contribution in [-0.4, -0.2) is 37.7 Å². The maximum Gasteiger partial charge on any atom is 0.335 e. The largest absolute Gasteiger partial charge is 0.412 e. The number of nitrogens with zero attached hydrogens (tertiary/aromatic N) is 2. The van der Waals surface area contributed by atoms with E-state index in [1.54, 1.807) is 6.07 Å². The first-order chi connectivity index (χ1) is 11.9. The Balaban J connectivity index is 1.93. The lowest BCUT2D eigenvalue weighted by Gasteiger charge is -2.04. The Kier molecular flexibility index (Phi) is 6.45. The number of urea groups is 1. The van der Waals surface area contributed by atoms with Crippen molar-refractivity contribution in [2.24, 2.45) is 0 Å². The Labute approximate surface area is 144 Å². The van der Waals surface area contributed by atoms with Gasteiger partial charge in [-0.2, -0.15) is 0 Å². The van der Waals surface area contributed by atoms with Gasteiger partial charge in [0, 0.05) is 25.1 Å². The molecule has 25 heavy (non-hydrogen) atoms. The summed E-state index contributed by atoms with van der Waals surface area (Å²) >= 11 is 0. The van der Waals surface area contributed by atoms with E-state index < -0.39 is 26.6 Å². The molecule has 2 aromatic rings. The van der Waals surface area contributed by atoms with Crippen molar-refractivity contribution in [3.63, 3.8) is 0 Å². The van der Waals surface area contributed by atoms with E-state index in [1.807, 2.05) is 6.92 Å². The Hall–Kier alpha value is -2.49. The lowest BCUT2D eigenvalue weighted by atomic mass is 10.2. The number of halogens is 1. The van der Waals surface area contributed by atoms with Crippen molar-refractivity contribution in [1.29, 1.82) is 0 Å². The molecule has 1 aromatic carbocycles. The number of carbonyl (C=O) groups is 1. The molecular formula is C15H19FN4O4S. The number of nitrogens with one attached hydrogen (secondary N) is 2. The summed E-state index contributed by atoms with van der Waals surface area (Å²) < 4.78 is 43.2. The van der Waals surface area contributed by atoms with Crippen molar-refractivity contribution in [2.75, 3.05) is 13.1 Å². The molecule has 0 fully saturated rings.